The maximum absolute atomic E-state index is 12.8. The lowest BCUT2D eigenvalue weighted by atomic mass is 10.1. The summed E-state index contributed by atoms with van der Waals surface area (Å²) in [5.41, 5.74) is 1.94. The van der Waals surface area contributed by atoms with Crippen LogP contribution in [-0.2, 0) is 4.74 Å². The highest BCUT2D eigenvalue weighted by atomic mass is 16.5. The standard InChI is InChI=1S/C25H30N2O3/c28-25(22-10-12-23(13-11-22)30-20-24-9-5-19-29-24)27-17-15-26(16-18-27)14-4-8-21-6-2-1-3-7-21/h1-4,6-8,10-13,24H,5,9,14-20H2/b8-4+. The smallest absolute Gasteiger partial charge is 0.253 e. The molecule has 1 amide bonds. The first-order valence-electron chi connectivity index (χ1n) is 10.9. The van der Waals surface area contributed by atoms with Crippen molar-refractivity contribution in [1.29, 1.82) is 0 Å². The van der Waals surface area contributed by atoms with Crippen LogP contribution in [0.15, 0.2) is 60.7 Å². The number of nitrogens with zero attached hydrogens (tertiary/aromatic N) is 2. The van der Waals surface area contributed by atoms with Crippen molar-refractivity contribution >= 4 is 12.0 Å². The van der Waals surface area contributed by atoms with E-state index in [0.29, 0.717) is 6.61 Å². The molecular formula is C25H30N2O3. The molecule has 2 fully saturated rings. The summed E-state index contributed by atoms with van der Waals surface area (Å²) in [6.07, 6.45) is 6.72. The van der Waals surface area contributed by atoms with Crippen LogP contribution in [0, 0.1) is 0 Å². The van der Waals surface area contributed by atoms with E-state index in [0.717, 1.165) is 63.5 Å². The zero-order valence-electron chi connectivity index (χ0n) is 17.4. The van der Waals surface area contributed by atoms with Gasteiger partial charge in [0.1, 0.15) is 12.4 Å². The number of piperazine rings is 1. The summed E-state index contributed by atoms with van der Waals surface area (Å²) >= 11 is 0. The van der Waals surface area contributed by atoms with Gasteiger partial charge in [-0.05, 0) is 42.7 Å². The van der Waals surface area contributed by atoms with Gasteiger partial charge in [0, 0.05) is 44.9 Å². The van der Waals surface area contributed by atoms with Crippen LogP contribution < -0.4 is 4.74 Å². The first kappa shape index (κ1) is 20.6. The van der Waals surface area contributed by atoms with Crippen molar-refractivity contribution in [3.05, 3.63) is 71.8 Å². The number of hydrogen-bond acceptors (Lipinski definition) is 4. The van der Waals surface area contributed by atoms with Gasteiger partial charge in [-0.25, -0.2) is 0 Å². The Labute approximate surface area is 178 Å². The van der Waals surface area contributed by atoms with Gasteiger partial charge in [-0.3, -0.25) is 9.69 Å². The van der Waals surface area contributed by atoms with Crippen LogP contribution in [0.25, 0.3) is 6.08 Å². The van der Waals surface area contributed by atoms with Crippen molar-refractivity contribution in [3.63, 3.8) is 0 Å². The maximum atomic E-state index is 12.8. The maximum Gasteiger partial charge on any atom is 0.253 e. The van der Waals surface area contributed by atoms with Crippen LogP contribution in [0.3, 0.4) is 0 Å². The van der Waals surface area contributed by atoms with E-state index in [1.807, 2.05) is 47.4 Å². The summed E-state index contributed by atoms with van der Waals surface area (Å²) in [5.74, 6) is 0.886. The minimum Gasteiger partial charge on any atom is -0.491 e. The summed E-state index contributed by atoms with van der Waals surface area (Å²) in [7, 11) is 0. The van der Waals surface area contributed by atoms with E-state index in [-0.39, 0.29) is 12.0 Å². The largest absolute Gasteiger partial charge is 0.491 e. The van der Waals surface area contributed by atoms with Crippen molar-refractivity contribution in [1.82, 2.24) is 9.80 Å². The van der Waals surface area contributed by atoms with E-state index in [4.69, 9.17) is 9.47 Å². The van der Waals surface area contributed by atoms with E-state index < -0.39 is 0 Å². The molecular weight excluding hydrogens is 376 g/mol. The van der Waals surface area contributed by atoms with Gasteiger partial charge >= 0.3 is 0 Å². The molecule has 30 heavy (non-hydrogen) atoms. The zero-order chi connectivity index (χ0) is 20.6. The van der Waals surface area contributed by atoms with Gasteiger partial charge in [-0.1, -0.05) is 42.5 Å². The SMILES string of the molecule is O=C(c1ccc(OCC2CCCO2)cc1)N1CCN(C/C=C/c2ccccc2)CC1. The monoisotopic (exact) mass is 406 g/mol. The van der Waals surface area contributed by atoms with Crippen LogP contribution in [-0.4, -0.2) is 67.7 Å². The number of hydrogen-bond donors (Lipinski definition) is 0. The van der Waals surface area contributed by atoms with Gasteiger partial charge in [-0.2, -0.15) is 0 Å². The van der Waals surface area contributed by atoms with Crippen LogP contribution in [0.1, 0.15) is 28.8 Å². The van der Waals surface area contributed by atoms with Gasteiger partial charge in [0.25, 0.3) is 5.91 Å². The highest BCUT2D eigenvalue weighted by Crippen LogP contribution is 2.18. The molecule has 2 aromatic rings. The molecule has 2 aromatic carbocycles. The Kier molecular flexibility index (Phi) is 7.16. The normalized spacial score (nSPS) is 20.0. The Morgan fingerprint density at radius 1 is 1.03 bits per heavy atom. The zero-order valence-corrected chi connectivity index (χ0v) is 17.4. The Hall–Kier alpha value is -2.63. The van der Waals surface area contributed by atoms with Gasteiger partial charge in [-0.15, -0.1) is 0 Å². The van der Waals surface area contributed by atoms with Crippen LogP contribution in [0.5, 0.6) is 5.75 Å². The summed E-state index contributed by atoms with van der Waals surface area (Å²) in [4.78, 5) is 17.1. The molecule has 2 heterocycles. The minimum absolute atomic E-state index is 0.0974. The van der Waals surface area contributed by atoms with Crippen molar-refractivity contribution in [2.45, 2.75) is 18.9 Å². The third kappa shape index (κ3) is 5.71. The first-order chi connectivity index (χ1) is 14.8. The van der Waals surface area contributed by atoms with Crippen molar-refractivity contribution in [2.75, 3.05) is 45.9 Å². The topological polar surface area (TPSA) is 42.0 Å². The quantitative estimate of drug-likeness (QED) is 0.703. The molecule has 4 rings (SSSR count). The van der Waals surface area contributed by atoms with Crippen molar-refractivity contribution in [3.8, 4) is 5.75 Å². The lowest BCUT2D eigenvalue weighted by molar-refractivity contribution is 0.0648. The summed E-state index contributed by atoms with van der Waals surface area (Å²) in [6.45, 7) is 5.63. The third-order valence-electron chi connectivity index (χ3n) is 5.69. The van der Waals surface area contributed by atoms with Crippen molar-refractivity contribution in [2.24, 2.45) is 0 Å². The Morgan fingerprint density at radius 2 is 1.80 bits per heavy atom. The molecule has 0 bridgehead atoms. The first-order valence-corrected chi connectivity index (χ1v) is 10.9. The number of amides is 1. The Balaban J connectivity index is 1.21. The van der Waals surface area contributed by atoms with E-state index in [2.05, 4.69) is 29.2 Å². The lowest BCUT2D eigenvalue weighted by Crippen LogP contribution is -2.48. The minimum atomic E-state index is 0.0974. The molecule has 0 spiro atoms. The molecule has 0 aliphatic carbocycles. The number of ether oxygens (including phenoxy) is 2. The highest BCUT2D eigenvalue weighted by molar-refractivity contribution is 5.94. The second-order valence-corrected chi connectivity index (χ2v) is 7.88. The van der Waals surface area contributed by atoms with Gasteiger partial charge in [0.05, 0.1) is 6.10 Å². The molecule has 0 N–H and O–H groups in total. The van der Waals surface area contributed by atoms with Crippen LogP contribution >= 0.6 is 0 Å². The fourth-order valence-corrected chi connectivity index (χ4v) is 3.88. The molecule has 2 aliphatic rings. The van der Waals surface area contributed by atoms with Gasteiger partial charge < -0.3 is 14.4 Å². The van der Waals surface area contributed by atoms with Gasteiger partial charge in [0.15, 0.2) is 0 Å². The van der Waals surface area contributed by atoms with Crippen LogP contribution in [0.4, 0.5) is 0 Å². The molecule has 2 saturated heterocycles. The molecule has 5 heteroatoms. The van der Waals surface area contributed by atoms with E-state index >= 15 is 0 Å². The highest BCUT2D eigenvalue weighted by Gasteiger charge is 2.21. The summed E-state index contributed by atoms with van der Waals surface area (Å²) < 4.78 is 11.4. The van der Waals surface area contributed by atoms with E-state index in [9.17, 15) is 4.79 Å². The van der Waals surface area contributed by atoms with E-state index in [1.165, 1.54) is 5.56 Å². The average molecular weight is 407 g/mol. The fourth-order valence-electron chi connectivity index (χ4n) is 3.88. The lowest BCUT2D eigenvalue weighted by Gasteiger charge is -2.34. The van der Waals surface area contributed by atoms with Crippen molar-refractivity contribution < 1.29 is 14.3 Å². The molecule has 1 unspecified atom stereocenters. The molecule has 5 nitrogen and oxygen atoms in total. The predicted octanol–water partition coefficient (Wildman–Crippen LogP) is 3.72. The van der Waals surface area contributed by atoms with Gasteiger partial charge in [0.2, 0.25) is 0 Å². The average Bonchev–Trinajstić information content (AvgIpc) is 3.33. The van der Waals surface area contributed by atoms with E-state index in [1.54, 1.807) is 0 Å². The third-order valence-corrected chi connectivity index (χ3v) is 5.69. The summed E-state index contributed by atoms with van der Waals surface area (Å²) in [5, 5.41) is 0. The second kappa shape index (κ2) is 10.4. The number of carbonyl (C=O) groups is 1. The predicted molar refractivity (Wildman–Crippen MR) is 119 cm³/mol. The molecule has 1 atom stereocenters. The Morgan fingerprint density at radius 3 is 2.50 bits per heavy atom. The molecule has 2 aliphatic heterocycles. The molecule has 0 saturated carbocycles. The molecule has 158 valence electrons. The Bertz CT molecular complexity index is 821. The number of rotatable bonds is 7. The molecule has 0 aromatic heterocycles. The fraction of sp³-hybridized carbons (Fsp3) is 0.400. The number of carbonyl (C=O) groups excluding carboxylic acids is 1. The second-order valence-electron chi connectivity index (χ2n) is 7.88. The number of benzene rings is 2. The summed E-state index contributed by atoms with van der Waals surface area (Å²) in [6, 6.07) is 17.8. The van der Waals surface area contributed by atoms with Crippen LogP contribution in [0.2, 0.25) is 0 Å². The molecule has 0 radical (unpaired) electrons.